The molecule has 0 radical (unpaired) electrons. The first-order valence-electron chi connectivity index (χ1n) is 19.4. The van der Waals surface area contributed by atoms with Crippen LogP contribution in [0.5, 0.6) is 0 Å². The monoisotopic (exact) mass is 741 g/mol. The van der Waals surface area contributed by atoms with Crippen molar-refractivity contribution in [2.24, 2.45) is 0 Å². The Morgan fingerprint density at radius 3 is 1.41 bits per heavy atom. The van der Waals surface area contributed by atoms with Crippen molar-refractivity contribution in [3.8, 4) is 55.9 Å². The van der Waals surface area contributed by atoms with Crippen molar-refractivity contribution in [3.05, 3.63) is 193 Å². The maximum absolute atomic E-state index is 5.14. The molecule has 2 heterocycles. The number of hydrogen-bond donors (Lipinski definition) is 0. The van der Waals surface area contributed by atoms with Crippen LogP contribution >= 0.6 is 0 Å². The fourth-order valence-corrected chi connectivity index (χ4v) is 9.26. The van der Waals surface area contributed by atoms with Gasteiger partial charge in [-0.1, -0.05) is 147 Å². The van der Waals surface area contributed by atoms with Gasteiger partial charge in [0.2, 0.25) is 0 Å². The third-order valence-corrected chi connectivity index (χ3v) is 12.6. The lowest BCUT2D eigenvalue weighted by atomic mass is 9.95. The highest BCUT2D eigenvalue weighted by Gasteiger charge is 2.24. The Balaban J connectivity index is 1.32. The summed E-state index contributed by atoms with van der Waals surface area (Å²) in [6, 6.07) is 58.9. The van der Waals surface area contributed by atoms with Gasteiger partial charge >= 0.3 is 0 Å². The quantitative estimate of drug-likeness (QED) is 0.138. The van der Waals surface area contributed by atoms with E-state index in [2.05, 4.69) is 215 Å². The van der Waals surface area contributed by atoms with Crippen molar-refractivity contribution < 1.29 is 0 Å². The molecule has 0 fully saturated rings. The predicted molar refractivity (Wildman–Crippen MR) is 241 cm³/mol. The highest BCUT2D eigenvalue weighted by atomic mass is 28.3. The van der Waals surface area contributed by atoms with Crippen LogP contribution in [0.15, 0.2) is 176 Å². The van der Waals surface area contributed by atoms with Gasteiger partial charge in [0.05, 0.1) is 25.1 Å². The third kappa shape index (κ3) is 7.49. The summed E-state index contributed by atoms with van der Waals surface area (Å²) in [4.78, 5) is 12.5. The molecular formula is C52H47N3Si. The van der Waals surface area contributed by atoms with Crippen LogP contribution in [0.3, 0.4) is 0 Å². The van der Waals surface area contributed by atoms with Crippen LogP contribution in [0, 0.1) is 20.8 Å². The van der Waals surface area contributed by atoms with Gasteiger partial charge < -0.3 is 4.90 Å². The average molecular weight is 742 g/mol. The summed E-state index contributed by atoms with van der Waals surface area (Å²) in [6.07, 6.45) is 4.13. The zero-order chi connectivity index (χ0) is 38.8. The van der Waals surface area contributed by atoms with Crippen LogP contribution < -0.4 is 10.1 Å². The van der Waals surface area contributed by atoms with E-state index in [9.17, 15) is 0 Å². The molecule has 0 aliphatic rings. The molecule has 8 rings (SSSR count). The third-order valence-electron chi connectivity index (χ3n) is 10.5. The van der Waals surface area contributed by atoms with Crippen molar-refractivity contribution in [1.82, 2.24) is 9.97 Å². The lowest BCUT2D eigenvalue weighted by Crippen LogP contribution is -2.39. The van der Waals surface area contributed by atoms with Gasteiger partial charge in [-0.25, -0.2) is 0 Å². The summed E-state index contributed by atoms with van der Waals surface area (Å²) in [6.45, 7) is 13.7. The Labute approximate surface area is 333 Å². The van der Waals surface area contributed by atoms with Crippen LogP contribution in [-0.4, -0.2) is 18.0 Å². The van der Waals surface area contributed by atoms with Gasteiger partial charge in [-0.05, 0) is 107 Å². The summed E-state index contributed by atoms with van der Waals surface area (Å²) in [5.74, 6) is 0. The predicted octanol–water partition coefficient (Wildman–Crippen LogP) is 13.8. The van der Waals surface area contributed by atoms with E-state index in [1.807, 2.05) is 6.20 Å². The van der Waals surface area contributed by atoms with Gasteiger partial charge in [0.1, 0.15) is 0 Å². The van der Waals surface area contributed by atoms with Crippen LogP contribution in [0.1, 0.15) is 16.7 Å². The Morgan fingerprint density at radius 2 is 0.875 bits per heavy atom. The minimum absolute atomic E-state index is 0.939. The molecule has 0 atom stereocenters. The molecule has 0 saturated carbocycles. The molecule has 0 spiro atoms. The molecule has 3 nitrogen and oxygen atoms in total. The van der Waals surface area contributed by atoms with Gasteiger partial charge in [-0.3, -0.25) is 9.97 Å². The first-order chi connectivity index (χ1) is 27.1. The van der Waals surface area contributed by atoms with Crippen molar-refractivity contribution in [2.45, 2.75) is 40.4 Å². The van der Waals surface area contributed by atoms with E-state index in [1.54, 1.807) is 0 Å². The fraction of sp³-hybridized carbons (Fsp3) is 0.115. The standard InChI is InChI=1S/C52H47N3Si/c1-36-28-37(2)52(48(29-36)41-22-14-9-15-23-41)55(44-26-16-24-42(30-44)49-32-46(38(3)34-53-49)39-18-10-7-11-19-39)45-27-17-25-43(31-45)50-33-47(40-20-12-8-13-21-40)51(35-54-50)56(4,5)6/h7-35H,1-6H3. The Hall–Kier alpha value is -6.36. The molecule has 2 aromatic heterocycles. The Morgan fingerprint density at radius 1 is 0.411 bits per heavy atom. The highest BCUT2D eigenvalue weighted by Crippen LogP contribution is 2.45. The van der Waals surface area contributed by atoms with Gasteiger partial charge in [-0.15, -0.1) is 0 Å². The van der Waals surface area contributed by atoms with E-state index in [4.69, 9.17) is 9.97 Å². The highest BCUT2D eigenvalue weighted by molar-refractivity contribution is 6.89. The second kappa shape index (κ2) is 15.4. The van der Waals surface area contributed by atoms with E-state index in [-0.39, 0.29) is 0 Å². The summed E-state index contributed by atoms with van der Waals surface area (Å²) >= 11 is 0. The molecule has 8 aromatic rings. The van der Waals surface area contributed by atoms with E-state index in [0.29, 0.717) is 0 Å². The summed E-state index contributed by atoms with van der Waals surface area (Å²) < 4.78 is 0. The molecule has 0 bridgehead atoms. The van der Waals surface area contributed by atoms with Gasteiger partial charge in [0, 0.05) is 40.5 Å². The number of benzene rings is 6. The maximum atomic E-state index is 5.14. The fourth-order valence-electron chi connectivity index (χ4n) is 7.79. The molecule has 0 saturated heterocycles. The molecule has 0 aliphatic carbocycles. The number of aryl methyl sites for hydroxylation is 3. The van der Waals surface area contributed by atoms with Crippen molar-refractivity contribution in [2.75, 3.05) is 4.90 Å². The van der Waals surface area contributed by atoms with Crippen LogP contribution in [0.25, 0.3) is 55.9 Å². The topological polar surface area (TPSA) is 29.0 Å². The minimum Gasteiger partial charge on any atom is -0.310 e. The van der Waals surface area contributed by atoms with Crippen LogP contribution in [0.2, 0.25) is 19.6 Å². The number of pyridine rings is 2. The molecule has 0 N–H and O–H groups in total. The lowest BCUT2D eigenvalue weighted by Gasteiger charge is -2.30. The summed E-state index contributed by atoms with van der Waals surface area (Å²) in [5.41, 5.74) is 18.1. The number of nitrogens with zero attached hydrogens (tertiary/aromatic N) is 3. The number of aromatic nitrogens is 2. The molecular weight excluding hydrogens is 695 g/mol. The number of hydrogen-bond acceptors (Lipinski definition) is 3. The molecule has 274 valence electrons. The largest absolute Gasteiger partial charge is 0.310 e. The Kier molecular flexibility index (Phi) is 10.1. The van der Waals surface area contributed by atoms with Gasteiger partial charge in [0.15, 0.2) is 0 Å². The number of rotatable bonds is 9. The average Bonchev–Trinajstić information content (AvgIpc) is 3.22. The molecule has 4 heteroatoms. The van der Waals surface area contributed by atoms with E-state index < -0.39 is 8.07 Å². The second-order valence-corrected chi connectivity index (χ2v) is 20.8. The van der Waals surface area contributed by atoms with E-state index in [1.165, 1.54) is 49.7 Å². The number of anilines is 3. The van der Waals surface area contributed by atoms with Gasteiger partial charge in [-0.2, -0.15) is 0 Å². The summed E-state index contributed by atoms with van der Waals surface area (Å²) in [7, 11) is -1.69. The first-order valence-corrected chi connectivity index (χ1v) is 22.9. The van der Waals surface area contributed by atoms with Crippen molar-refractivity contribution >= 4 is 30.3 Å². The van der Waals surface area contributed by atoms with E-state index in [0.717, 1.165) is 45.1 Å². The smallest absolute Gasteiger partial charge is 0.0804 e. The molecule has 0 unspecified atom stereocenters. The SMILES string of the molecule is Cc1cc(C)c(N(c2cccc(-c3cc(-c4ccccc4)c(C)cn3)c2)c2cccc(-c3cc(-c4ccccc4)c([Si](C)(C)C)cn3)c2)c(-c2ccccc2)c1. The Bertz CT molecular complexity index is 2650. The normalized spacial score (nSPS) is 11.4. The maximum Gasteiger partial charge on any atom is 0.0804 e. The lowest BCUT2D eigenvalue weighted by molar-refractivity contribution is 1.23. The first kappa shape index (κ1) is 36.6. The minimum atomic E-state index is -1.69. The van der Waals surface area contributed by atoms with Crippen molar-refractivity contribution in [3.63, 3.8) is 0 Å². The van der Waals surface area contributed by atoms with Crippen LogP contribution in [0.4, 0.5) is 17.1 Å². The van der Waals surface area contributed by atoms with Crippen LogP contribution in [-0.2, 0) is 0 Å². The second-order valence-electron chi connectivity index (χ2n) is 15.8. The molecule has 0 aliphatic heterocycles. The zero-order valence-corrected chi connectivity index (χ0v) is 34.1. The van der Waals surface area contributed by atoms with E-state index >= 15 is 0 Å². The molecule has 56 heavy (non-hydrogen) atoms. The molecule has 6 aromatic carbocycles. The molecule has 0 amide bonds. The summed E-state index contributed by atoms with van der Waals surface area (Å²) in [5, 5.41) is 1.37. The zero-order valence-electron chi connectivity index (χ0n) is 33.1. The van der Waals surface area contributed by atoms with Gasteiger partial charge in [0.25, 0.3) is 0 Å². The van der Waals surface area contributed by atoms with Crippen molar-refractivity contribution in [1.29, 1.82) is 0 Å².